The molecular weight excluding hydrogens is 312 g/mol. The van der Waals surface area contributed by atoms with Crippen LogP contribution >= 0.6 is 15.9 Å². The summed E-state index contributed by atoms with van der Waals surface area (Å²) in [6, 6.07) is 0.463. The van der Waals surface area contributed by atoms with Crippen molar-refractivity contribution in [3.05, 3.63) is 26.3 Å². The largest absolute Gasteiger partial charge is 0.351 e. The number of aromatic nitrogens is 1. The number of halogens is 1. The fourth-order valence-corrected chi connectivity index (χ4v) is 3.59. The van der Waals surface area contributed by atoms with Crippen molar-refractivity contribution >= 4 is 27.4 Å². The van der Waals surface area contributed by atoms with Crippen molar-refractivity contribution in [1.29, 1.82) is 0 Å². The van der Waals surface area contributed by atoms with Crippen LogP contribution in [-0.4, -0.2) is 35.6 Å². The van der Waals surface area contributed by atoms with E-state index >= 15 is 0 Å². The van der Waals surface area contributed by atoms with E-state index in [-0.39, 0.29) is 10.6 Å². The smallest absolute Gasteiger partial charge is 0.291 e. The monoisotopic (exact) mass is 326 g/mol. The molecule has 0 radical (unpaired) electrons. The number of anilines is 1. The minimum absolute atomic E-state index is 0.0657. The molecule has 1 aromatic heterocycles. The van der Waals surface area contributed by atoms with Crippen molar-refractivity contribution in [2.75, 3.05) is 24.5 Å². The number of hydrogen-bond donors (Lipinski definition) is 1. The SMILES string of the molecule is Cc1c([N+](=O)[O-])cnc(N2CC[C@H]3CNC[C@H]32)c1Br. The summed E-state index contributed by atoms with van der Waals surface area (Å²) >= 11 is 3.48. The van der Waals surface area contributed by atoms with Gasteiger partial charge in [-0.05, 0) is 35.2 Å². The second-order valence-electron chi connectivity index (χ2n) is 5.13. The van der Waals surface area contributed by atoms with Gasteiger partial charge in [0.05, 0.1) is 9.40 Å². The Morgan fingerprint density at radius 3 is 3.11 bits per heavy atom. The quantitative estimate of drug-likeness (QED) is 0.663. The van der Waals surface area contributed by atoms with Crippen LogP contribution in [0.5, 0.6) is 0 Å². The van der Waals surface area contributed by atoms with Crippen molar-refractivity contribution in [3.63, 3.8) is 0 Å². The van der Waals surface area contributed by atoms with Crippen LogP contribution < -0.4 is 10.2 Å². The van der Waals surface area contributed by atoms with Crippen molar-refractivity contribution in [2.45, 2.75) is 19.4 Å². The molecule has 2 aliphatic heterocycles. The average molecular weight is 327 g/mol. The fraction of sp³-hybridized carbons (Fsp3) is 0.583. The first-order valence-electron chi connectivity index (χ1n) is 6.36. The van der Waals surface area contributed by atoms with E-state index in [0.717, 1.165) is 36.3 Å². The normalized spacial score (nSPS) is 25.7. The van der Waals surface area contributed by atoms with E-state index in [9.17, 15) is 10.1 Å². The lowest BCUT2D eigenvalue weighted by Gasteiger charge is -2.25. The Kier molecular flexibility index (Phi) is 3.18. The molecule has 1 aromatic rings. The summed E-state index contributed by atoms with van der Waals surface area (Å²) in [7, 11) is 0. The van der Waals surface area contributed by atoms with Crippen molar-refractivity contribution in [2.24, 2.45) is 5.92 Å². The summed E-state index contributed by atoms with van der Waals surface area (Å²) in [5.41, 5.74) is 0.709. The third kappa shape index (κ3) is 2.01. The molecule has 6 nitrogen and oxygen atoms in total. The Labute approximate surface area is 119 Å². The van der Waals surface area contributed by atoms with Gasteiger partial charge in [-0.1, -0.05) is 0 Å². The van der Waals surface area contributed by atoms with Gasteiger partial charge in [-0.3, -0.25) is 10.1 Å². The molecule has 19 heavy (non-hydrogen) atoms. The summed E-state index contributed by atoms with van der Waals surface area (Å²) in [5.74, 6) is 1.50. The Morgan fingerprint density at radius 1 is 1.58 bits per heavy atom. The van der Waals surface area contributed by atoms with Crippen molar-refractivity contribution in [3.8, 4) is 0 Å². The van der Waals surface area contributed by atoms with E-state index in [1.165, 1.54) is 6.20 Å². The third-order valence-corrected chi connectivity index (χ3v) is 5.08. The summed E-state index contributed by atoms with van der Waals surface area (Å²) in [6.45, 7) is 4.76. The summed E-state index contributed by atoms with van der Waals surface area (Å²) in [5, 5.41) is 14.3. The Bertz CT molecular complexity index is 537. The Hall–Kier alpha value is -1.21. The van der Waals surface area contributed by atoms with E-state index in [1.54, 1.807) is 6.92 Å². The van der Waals surface area contributed by atoms with Crippen LogP contribution in [0.3, 0.4) is 0 Å². The minimum Gasteiger partial charge on any atom is -0.351 e. The fourth-order valence-electron chi connectivity index (χ4n) is 3.05. The highest BCUT2D eigenvalue weighted by molar-refractivity contribution is 9.10. The Morgan fingerprint density at radius 2 is 2.37 bits per heavy atom. The van der Waals surface area contributed by atoms with Gasteiger partial charge in [0.2, 0.25) is 0 Å². The standard InChI is InChI=1S/C12H15BrN4O2/c1-7-9(17(18)19)6-15-12(11(7)13)16-3-2-8-4-14-5-10(8)16/h6,8,10,14H,2-5H2,1H3/t8-,10+/m0/s1. The molecule has 2 aliphatic rings. The molecule has 0 aliphatic carbocycles. The molecule has 0 aromatic carbocycles. The van der Waals surface area contributed by atoms with Gasteiger partial charge < -0.3 is 10.2 Å². The lowest BCUT2D eigenvalue weighted by Crippen LogP contribution is -2.35. The Balaban J connectivity index is 1.98. The molecule has 7 heteroatoms. The first-order valence-corrected chi connectivity index (χ1v) is 7.15. The van der Waals surface area contributed by atoms with Gasteiger partial charge in [0.25, 0.3) is 5.69 Å². The molecule has 1 N–H and O–H groups in total. The maximum Gasteiger partial charge on any atom is 0.291 e. The molecule has 0 bridgehead atoms. The number of nitrogens with one attached hydrogen (secondary N) is 1. The molecular formula is C12H15BrN4O2. The number of nitrogens with zero attached hydrogens (tertiary/aromatic N) is 3. The molecule has 2 fully saturated rings. The number of pyridine rings is 1. The molecule has 0 saturated carbocycles. The van der Waals surface area contributed by atoms with Crippen LogP contribution in [0.2, 0.25) is 0 Å². The van der Waals surface area contributed by atoms with E-state index in [0.29, 0.717) is 17.5 Å². The van der Waals surface area contributed by atoms with E-state index < -0.39 is 0 Å². The minimum atomic E-state index is -0.388. The number of rotatable bonds is 2. The maximum absolute atomic E-state index is 10.9. The maximum atomic E-state index is 10.9. The molecule has 2 saturated heterocycles. The molecule has 0 amide bonds. The lowest BCUT2D eigenvalue weighted by atomic mass is 10.1. The molecule has 0 spiro atoms. The number of nitro groups is 1. The predicted molar refractivity (Wildman–Crippen MR) is 75.4 cm³/mol. The van der Waals surface area contributed by atoms with Gasteiger partial charge in [0.1, 0.15) is 12.0 Å². The third-order valence-electron chi connectivity index (χ3n) is 4.13. The van der Waals surface area contributed by atoms with Crippen LogP contribution in [0, 0.1) is 23.0 Å². The van der Waals surface area contributed by atoms with Gasteiger partial charge in [-0.15, -0.1) is 0 Å². The molecule has 2 atom stereocenters. The van der Waals surface area contributed by atoms with Crippen LogP contribution in [-0.2, 0) is 0 Å². The van der Waals surface area contributed by atoms with E-state index in [1.807, 2.05) is 0 Å². The van der Waals surface area contributed by atoms with Crippen LogP contribution in [0.1, 0.15) is 12.0 Å². The molecule has 102 valence electrons. The summed E-state index contributed by atoms with van der Waals surface area (Å²) < 4.78 is 0.745. The van der Waals surface area contributed by atoms with Crippen molar-refractivity contribution in [1.82, 2.24) is 10.3 Å². The highest BCUT2D eigenvalue weighted by atomic mass is 79.9. The number of hydrogen-bond acceptors (Lipinski definition) is 5. The molecule has 0 unspecified atom stereocenters. The van der Waals surface area contributed by atoms with Crippen LogP contribution in [0.15, 0.2) is 10.7 Å². The van der Waals surface area contributed by atoms with E-state index in [4.69, 9.17) is 0 Å². The predicted octanol–water partition coefficient (Wildman–Crippen LogP) is 1.86. The van der Waals surface area contributed by atoms with Crippen LogP contribution in [0.4, 0.5) is 11.5 Å². The number of fused-ring (bicyclic) bond motifs is 1. The zero-order valence-electron chi connectivity index (χ0n) is 10.6. The average Bonchev–Trinajstić information content (AvgIpc) is 2.95. The van der Waals surface area contributed by atoms with Gasteiger partial charge in [-0.25, -0.2) is 4.98 Å². The van der Waals surface area contributed by atoms with E-state index in [2.05, 4.69) is 31.1 Å². The molecule has 3 heterocycles. The van der Waals surface area contributed by atoms with Crippen LogP contribution in [0.25, 0.3) is 0 Å². The van der Waals surface area contributed by atoms with Gasteiger partial charge >= 0.3 is 0 Å². The second-order valence-corrected chi connectivity index (χ2v) is 5.92. The molecule has 3 rings (SSSR count). The van der Waals surface area contributed by atoms with Gasteiger partial charge in [-0.2, -0.15) is 0 Å². The summed E-state index contributed by atoms with van der Waals surface area (Å²) in [6.07, 6.45) is 2.52. The van der Waals surface area contributed by atoms with Crippen molar-refractivity contribution < 1.29 is 4.92 Å². The first-order chi connectivity index (χ1) is 9.09. The lowest BCUT2D eigenvalue weighted by molar-refractivity contribution is -0.385. The van der Waals surface area contributed by atoms with Gasteiger partial charge in [0, 0.05) is 31.2 Å². The van der Waals surface area contributed by atoms with Gasteiger partial charge in [0.15, 0.2) is 0 Å². The highest BCUT2D eigenvalue weighted by Gasteiger charge is 2.39. The topological polar surface area (TPSA) is 71.3 Å². The highest BCUT2D eigenvalue weighted by Crippen LogP contribution is 2.38. The first kappa shape index (κ1) is 12.8. The zero-order chi connectivity index (χ0) is 13.6. The summed E-state index contributed by atoms with van der Waals surface area (Å²) in [4.78, 5) is 17.1. The zero-order valence-corrected chi connectivity index (χ0v) is 12.2. The second kappa shape index (κ2) is 4.72.